The summed E-state index contributed by atoms with van der Waals surface area (Å²) in [6.45, 7) is 2.76. The lowest BCUT2D eigenvalue weighted by Gasteiger charge is -2.09. The van der Waals surface area contributed by atoms with Crippen LogP contribution < -0.4 is 19.5 Å². The van der Waals surface area contributed by atoms with Crippen molar-refractivity contribution >= 4 is 11.9 Å². The average molecular weight is 439 g/mol. The quantitative estimate of drug-likeness (QED) is 0.340. The molecule has 2 aromatic carbocycles. The van der Waals surface area contributed by atoms with E-state index in [1.807, 2.05) is 49.4 Å². The average Bonchev–Trinajstić information content (AvgIpc) is 3.30. The Bertz CT molecular complexity index is 983. The van der Waals surface area contributed by atoms with E-state index in [1.165, 1.54) is 6.26 Å². The zero-order chi connectivity index (χ0) is 22.6. The second-order valence-electron chi connectivity index (χ2n) is 6.56. The highest BCUT2D eigenvalue weighted by Gasteiger charge is 2.18. The lowest BCUT2D eigenvalue weighted by atomic mass is 10.2. The van der Waals surface area contributed by atoms with E-state index in [-0.39, 0.29) is 25.5 Å². The maximum absolute atomic E-state index is 12.2. The summed E-state index contributed by atoms with van der Waals surface area (Å²) in [5, 5.41) is 2.63. The van der Waals surface area contributed by atoms with Crippen LogP contribution in [0.5, 0.6) is 17.2 Å². The Labute approximate surface area is 186 Å². The number of amides is 1. The van der Waals surface area contributed by atoms with E-state index in [0.29, 0.717) is 23.7 Å². The van der Waals surface area contributed by atoms with Crippen molar-refractivity contribution in [2.24, 2.45) is 0 Å². The molecular formula is C24H25NO7. The van der Waals surface area contributed by atoms with Crippen LogP contribution in [0.15, 0.2) is 71.3 Å². The van der Waals surface area contributed by atoms with Crippen LogP contribution in [0, 0.1) is 0 Å². The standard InChI is InChI=1S/C24H25NO7/c1-2-28-20-8-10-21(11-9-20)29-15-13-25-22(26)17-32-24(27)23-18(12-14-30-23)16-31-19-6-4-3-5-7-19/h3-12,14H,2,13,15-17H2,1H3,(H,25,26). The molecule has 32 heavy (non-hydrogen) atoms. The van der Waals surface area contributed by atoms with E-state index in [0.717, 1.165) is 5.75 Å². The van der Waals surface area contributed by atoms with Gasteiger partial charge in [0.1, 0.15) is 30.5 Å². The van der Waals surface area contributed by atoms with E-state index in [9.17, 15) is 9.59 Å². The number of furan rings is 1. The summed E-state index contributed by atoms with van der Waals surface area (Å²) >= 11 is 0. The molecule has 0 saturated carbocycles. The molecule has 168 valence electrons. The lowest BCUT2D eigenvalue weighted by molar-refractivity contribution is -0.124. The Hall–Kier alpha value is -3.94. The first-order valence-electron chi connectivity index (χ1n) is 10.2. The molecule has 1 N–H and O–H groups in total. The molecule has 8 nitrogen and oxygen atoms in total. The molecule has 0 bridgehead atoms. The summed E-state index contributed by atoms with van der Waals surface area (Å²) < 4.78 is 26.8. The van der Waals surface area contributed by atoms with Gasteiger partial charge in [-0.1, -0.05) is 18.2 Å². The molecule has 0 aliphatic rings. The van der Waals surface area contributed by atoms with E-state index < -0.39 is 18.5 Å². The van der Waals surface area contributed by atoms with Gasteiger partial charge < -0.3 is 28.7 Å². The third-order valence-corrected chi connectivity index (χ3v) is 4.23. The van der Waals surface area contributed by atoms with Crippen molar-refractivity contribution in [2.75, 3.05) is 26.4 Å². The number of hydrogen-bond donors (Lipinski definition) is 1. The maximum atomic E-state index is 12.2. The third-order valence-electron chi connectivity index (χ3n) is 4.23. The van der Waals surface area contributed by atoms with Gasteiger partial charge in [0, 0.05) is 5.56 Å². The molecule has 8 heteroatoms. The van der Waals surface area contributed by atoms with Crippen molar-refractivity contribution in [1.82, 2.24) is 5.32 Å². The molecular weight excluding hydrogens is 414 g/mol. The van der Waals surface area contributed by atoms with Gasteiger partial charge in [-0.25, -0.2) is 4.79 Å². The first kappa shape index (κ1) is 22.7. The Morgan fingerprint density at radius 2 is 1.56 bits per heavy atom. The van der Waals surface area contributed by atoms with Gasteiger partial charge in [0.25, 0.3) is 5.91 Å². The lowest BCUT2D eigenvalue weighted by Crippen LogP contribution is -2.32. The number of nitrogens with one attached hydrogen (secondary N) is 1. The molecule has 1 heterocycles. The molecule has 1 aromatic heterocycles. The minimum atomic E-state index is -0.734. The number of para-hydroxylation sites is 1. The highest BCUT2D eigenvalue weighted by atomic mass is 16.5. The van der Waals surface area contributed by atoms with Gasteiger partial charge in [0.2, 0.25) is 5.76 Å². The van der Waals surface area contributed by atoms with Crippen molar-refractivity contribution in [3.8, 4) is 17.2 Å². The minimum absolute atomic E-state index is 0.00700. The van der Waals surface area contributed by atoms with Gasteiger partial charge >= 0.3 is 5.97 Å². The zero-order valence-electron chi connectivity index (χ0n) is 17.7. The number of rotatable bonds is 12. The van der Waals surface area contributed by atoms with E-state index >= 15 is 0 Å². The number of esters is 1. The monoisotopic (exact) mass is 439 g/mol. The van der Waals surface area contributed by atoms with Gasteiger partial charge in [0.15, 0.2) is 6.61 Å². The molecule has 0 fully saturated rings. The molecule has 0 radical (unpaired) electrons. The van der Waals surface area contributed by atoms with Gasteiger partial charge in [-0.15, -0.1) is 0 Å². The molecule has 0 spiro atoms. The van der Waals surface area contributed by atoms with Gasteiger partial charge in [-0.2, -0.15) is 0 Å². The molecule has 0 atom stereocenters. The highest BCUT2D eigenvalue weighted by molar-refractivity contribution is 5.90. The fourth-order valence-corrected chi connectivity index (χ4v) is 2.71. The molecule has 0 aliphatic heterocycles. The minimum Gasteiger partial charge on any atom is -0.494 e. The summed E-state index contributed by atoms with van der Waals surface area (Å²) in [5.41, 5.74) is 0.531. The van der Waals surface area contributed by atoms with Crippen molar-refractivity contribution in [2.45, 2.75) is 13.5 Å². The summed E-state index contributed by atoms with van der Waals surface area (Å²) in [6.07, 6.45) is 1.37. The number of ether oxygens (including phenoxy) is 4. The molecule has 1 amide bonds. The Balaban J connectivity index is 1.35. The largest absolute Gasteiger partial charge is 0.494 e. The van der Waals surface area contributed by atoms with Crippen molar-refractivity contribution in [3.05, 3.63) is 78.3 Å². The fourth-order valence-electron chi connectivity index (χ4n) is 2.71. The summed E-state index contributed by atoms with van der Waals surface area (Å²) in [5.74, 6) is 0.927. The predicted octanol–water partition coefficient (Wildman–Crippen LogP) is 3.61. The van der Waals surface area contributed by atoms with Crippen LogP contribution >= 0.6 is 0 Å². The van der Waals surface area contributed by atoms with Crippen LogP contribution in [0.1, 0.15) is 23.0 Å². The number of carbonyl (C=O) groups excluding carboxylic acids is 2. The summed E-state index contributed by atoms with van der Waals surface area (Å²) in [7, 11) is 0. The molecule has 0 unspecified atom stereocenters. The first-order valence-corrected chi connectivity index (χ1v) is 10.2. The van der Waals surface area contributed by atoms with Gasteiger partial charge in [-0.05, 0) is 49.4 Å². The fraction of sp³-hybridized carbons (Fsp3) is 0.250. The summed E-state index contributed by atoms with van der Waals surface area (Å²) in [6, 6.07) is 18.0. The van der Waals surface area contributed by atoms with Crippen molar-refractivity contribution in [1.29, 1.82) is 0 Å². The Morgan fingerprint density at radius 1 is 0.875 bits per heavy atom. The highest BCUT2D eigenvalue weighted by Crippen LogP contribution is 2.18. The predicted molar refractivity (Wildman–Crippen MR) is 116 cm³/mol. The number of hydrogen-bond acceptors (Lipinski definition) is 7. The first-order chi connectivity index (χ1) is 15.7. The second kappa shape index (κ2) is 12.0. The van der Waals surface area contributed by atoms with Crippen LogP contribution in [-0.2, 0) is 16.1 Å². The topological polar surface area (TPSA) is 96.2 Å². The second-order valence-corrected chi connectivity index (χ2v) is 6.56. The number of benzene rings is 2. The molecule has 3 aromatic rings. The van der Waals surface area contributed by atoms with Crippen molar-refractivity contribution < 1.29 is 33.0 Å². The van der Waals surface area contributed by atoms with Crippen LogP contribution in [0.3, 0.4) is 0 Å². The Kier molecular flexibility index (Phi) is 8.56. The van der Waals surface area contributed by atoms with Crippen LogP contribution in [0.2, 0.25) is 0 Å². The molecule has 0 saturated heterocycles. The Morgan fingerprint density at radius 3 is 2.28 bits per heavy atom. The van der Waals surface area contributed by atoms with Gasteiger partial charge in [0.05, 0.1) is 19.4 Å². The van der Waals surface area contributed by atoms with Crippen molar-refractivity contribution in [3.63, 3.8) is 0 Å². The molecule has 3 rings (SSSR count). The third kappa shape index (κ3) is 7.09. The zero-order valence-corrected chi connectivity index (χ0v) is 17.7. The maximum Gasteiger partial charge on any atom is 0.375 e. The van der Waals surface area contributed by atoms with Crippen LogP contribution in [-0.4, -0.2) is 38.2 Å². The summed E-state index contributed by atoms with van der Waals surface area (Å²) in [4.78, 5) is 24.2. The SMILES string of the molecule is CCOc1ccc(OCCNC(=O)COC(=O)c2occc2COc2ccccc2)cc1. The normalized spacial score (nSPS) is 10.3. The number of carbonyl (C=O) groups is 2. The van der Waals surface area contributed by atoms with Crippen LogP contribution in [0.4, 0.5) is 0 Å². The van der Waals surface area contributed by atoms with Gasteiger partial charge in [-0.3, -0.25) is 4.79 Å². The van der Waals surface area contributed by atoms with Crippen LogP contribution in [0.25, 0.3) is 0 Å². The van der Waals surface area contributed by atoms with E-state index in [1.54, 1.807) is 18.2 Å². The smallest absolute Gasteiger partial charge is 0.375 e. The molecule has 0 aliphatic carbocycles. The van der Waals surface area contributed by atoms with E-state index in [4.69, 9.17) is 23.4 Å². The van der Waals surface area contributed by atoms with E-state index in [2.05, 4.69) is 5.32 Å².